The van der Waals surface area contributed by atoms with E-state index in [0.29, 0.717) is 25.1 Å². The van der Waals surface area contributed by atoms with Crippen molar-refractivity contribution in [3.63, 3.8) is 0 Å². The van der Waals surface area contributed by atoms with Gasteiger partial charge in [0.15, 0.2) is 0 Å². The highest BCUT2D eigenvalue weighted by Gasteiger charge is 2.30. The van der Waals surface area contributed by atoms with Gasteiger partial charge in [0.25, 0.3) is 5.91 Å². The molecule has 2 atom stereocenters. The van der Waals surface area contributed by atoms with E-state index in [9.17, 15) is 24.0 Å². The van der Waals surface area contributed by atoms with Crippen LogP contribution in [0.4, 0.5) is 0 Å². The van der Waals surface area contributed by atoms with Gasteiger partial charge in [-0.15, -0.1) is 0 Å². The van der Waals surface area contributed by atoms with E-state index in [4.69, 9.17) is 4.74 Å². The molecule has 5 amide bonds. The highest BCUT2D eigenvalue weighted by atomic mass is 16.5. The molecular formula is C32H41N5O6. The van der Waals surface area contributed by atoms with Gasteiger partial charge in [-0.3, -0.25) is 24.0 Å². The van der Waals surface area contributed by atoms with Gasteiger partial charge in [0.2, 0.25) is 23.6 Å². The molecule has 230 valence electrons. The summed E-state index contributed by atoms with van der Waals surface area (Å²) in [5.41, 5.74) is 2.04. The molecule has 0 unspecified atom stereocenters. The van der Waals surface area contributed by atoms with Crippen molar-refractivity contribution in [2.45, 2.75) is 64.7 Å². The molecule has 0 aromatic heterocycles. The third kappa shape index (κ3) is 8.79. The monoisotopic (exact) mass is 591 g/mol. The molecule has 0 spiro atoms. The second-order valence-corrected chi connectivity index (χ2v) is 11.5. The van der Waals surface area contributed by atoms with Gasteiger partial charge in [-0.05, 0) is 42.0 Å². The molecule has 0 aliphatic carbocycles. The van der Waals surface area contributed by atoms with E-state index in [1.165, 1.54) is 4.90 Å². The van der Waals surface area contributed by atoms with Crippen molar-refractivity contribution in [2.75, 3.05) is 26.7 Å². The van der Waals surface area contributed by atoms with Crippen LogP contribution < -0.4 is 20.7 Å². The summed E-state index contributed by atoms with van der Waals surface area (Å²) in [6.07, 6.45) is 1.53. The molecule has 1 saturated heterocycles. The summed E-state index contributed by atoms with van der Waals surface area (Å²) in [6.45, 7) is 5.81. The molecule has 0 saturated carbocycles. The number of carbonyl (C=O) groups is 5. The van der Waals surface area contributed by atoms with Crippen LogP contribution in [0.15, 0.2) is 48.5 Å². The average molecular weight is 592 g/mol. The number of fused-ring (bicyclic) bond motifs is 1. The maximum absolute atomic E-state index is 13.4. The second kappa shape index (κ2) is 14.7. The van der Waals surface area contributed by atoms with Crippen molar-refractivity contribution in [3.05, 3.63) is 65.2 Å². The molecule has 2 aliphatic heterocycles. The lowest BCUT2D eigenvalue weighted by molar-refractivity contribution is -0.136. The Hall–Kier alpha value is -4.41. The molecule has 2 aromatic rings. The van der Waals surface area contributed by atoms with Crippen LogP contribution in [0.2, 0.25) is 0 Å². The van der Waals surface area contributed by atoms with E-state index in [1.807, 2.05) is 43.0 Å². The number of para-hydroxylation sites is 1. The van der Waals surface area contributed by atoms with Crippen LogP contribution in [0.3, 0.4) is 0 Å². The van der Waals surface area contributed by atoms with Crippen LogP contribution in [-0.4, -0.2) is 78.2 Å². The fourth-order valence-corrected chi connectivity index (χ4v) is 5.19. The van der Waals surface area contributed by atoms with Crippen molar-refractivity contribution < 1.29 is 28.7 Å². The van der Waals surface area contributed by atoms with Crippen LogP contribution in [0, 0.1) is 5.92 Å². The van der Waals surface area contributed by atoms with E-state index < -0.39 is 29.8 Å². The lowest BCUT2D eigenvalue weighted by Crippen LogP contribution is -2.53. The fourth-order valence-electron chi connectivity index (χ4n) is 5.19. The van der Waals surface area contributed by atoms with Gasteiger partial charge >= 0.3 is 0 Å². The van der Waals surface area contributed by atoms with Gasteiger partial charge in [-0.2, -0.15) is 0 Å². The number of likely N-dealkylation sites (tertiary alicyclic amines) is 1. The van der Waals surface area contributed by atoms with E-state index in [1.54, 1.807) is 31.3 Å². The second-order valence-electron chi connectivity index (χ2n) is 11.5. The third-order valence-corrected chi connectivity index (χ3v) is 7.58. The minimum Gasteiger partial charge on any atom is -0.491 e. The number of hydrogen-bond acceptors (Lipinski definition) is 6. The van der Waals surface area contributed by atoms with Crippen LogP contribution in [-0.2, 0) is 32.3 Å². The Morgan fingerprint density at radius 2 is 1.72 bits per heavy atom. The lowest BCUT2D eigenvalue weighted by Gasteiger charge is -2.27. The van der Waals surface area contributed by atoms with Crippen LogP contribution in [0.5, 0.6) is 5.75 Å². The lowest BCUT2D eigenvalue weighted by atomic mass is 10.0. The number of amides is 5. The minimum atomic E-state index is -1.20. The van der Waals surface area contributed by atoms with Crippen molar-refractivity contribution >= 4 is 29.5 Å². The number of nitrogens with zero attached hydrogens (tertiary/aromatic N) is 2. The average Bonchev–Trinajstić information content (AvgIpc) is 3.38. The molecule has 1 fully saturated rings. The molecule has 3 N–H and O–H groups in total. The van der Waals surface area contributed by atoms with Gasteiger partial charge in [0.05, 0.1) is 18.5 Å². The predicted molar refractivity (Wildman–Crippen MR) is 160 cm³/mol. The van der Waals surface area contributed by atoms with Gasteiger partial charge in [-0.1, -0.05) is 50.2 Å². The third-order valence-electron chi connectivity index (χ3n) is 7.58. The first-order valence-corrected chi connectivity index (χ1v) is 14.8. The Morgan fingerprint density at radius 3 is 2.42 bits per heavy atom. The quantitative estimate of drug-likeness (QED) is 0.451. The molecule has 2 aliphatic rings. The van der Waals surface area contributed by atoms with Crippen LogP contribution in [0.25, 0.3) is 0 Å². The summed E-state index contributed by atoms with van der Waals surface area (Å²) < 4.78 is 5.85. The summed E-state index contributed by atoms with van der Waals surface area (Å²) in [5.74, 6) is -1.25. The predicted octanol–water partition coefficient (Wildman–Crippen LogP) is 2.00. The first kappa shape index (κ1) is 31.5. The molecule has 0 bridgehead atoms. The SMILES string of the molecule is CC(C)C[C@@H]1NC(=O)C[C@@H](C(=O)NCc2ccc(CN3CCCC3=O)cc2)NC(=O)c2ccccc2OCCN(C)C1=O. The zero-order chi connectivity index (χ0) is 30.9. The first-order valence-electron chi connectivity index (χ1n) is 14.8. The number of ether oxygens (including phenoxy) is 1. The van der Waals surface area contributed by atoms with Crippen molar-refractivity contribution in [2.24, 2.45) is 5.92 Å². The van der Waals surface area contributed by atoms with Gasteiger partial charge in [0.1, 0.15) is 24.4 Å². The molecule has 11 heteroatoms. The Kier molecular flexibility index (Phi) is 10.7. The normalized spacial score (nSPS) is 20.2. The standard InChI is InChI=1S/C32H41N5O6/c1-21(2)17-26-32(42)36(3)15-16-43-27-8-5-4-7-24(27)30(40)35-25(18-28(38)34-26)31(41)33-19-22-10-12-23(13-11-22)20-37-14-6-9-29(37)39/h4-5,7-8,10-13,21,25-26H,6,9,14-20H2,1-3H3,(H,33,41)(H,34,38)(H,35,40)/t25-,26-/m0/s1. The van der Waals surface area contributed by atoms with Crippen LogP contribution >= 0.6 is 0 Å². The Bertz CT molecular complexity index is 1330. The van der Waals surface area contributed by atoms with E-state index in [-0.39, 0.29) is 49.4 Å². The molecule has 2 heterocycles. The number of benzene rings is 2. The molecule has 0 radical (unpaired) electrons. The number of rotatable bonds is 7. The van der Waals surface area contributed by atoms with E-state index in [0.717, 1.165) is 24.1 Å². The van der Waals surface area contributed by atoms with Crippen molar-refractivity contribution in [1.29, 1.82) is 0 Å². The Morgan fingerprint density at radius 1 is 1.00 bits per heavy atom. The van der Waals surface area contributed by atoms with Crippen molar-refractivity contribution in [3.8, 4) is 5.75 Å². The zero-order valence-electron chi connectivity index (χ0n) is 25.1. The molecule has 2 aromatic carbocycles. The number of nitrogens with one attached hydrogen (secondary N) is 3. The van der Waals surface area contributed by atoms with Gasteiger partial charge in [-0.25, -0.2) is 0 Å². The Balaban J connectivity index is 1.49. The fraction of sp³-hybridized carbons (Fsp3) is 0.469. The summed E-state index contributed by atoms with van der Waals surface area (Å²) in [4.78, 5) is 68.3. The molecule has 43 heavy (non-hydrogen) atoms. The number of likely N-dealkylation sites (N-methyl/N-ethyl adjacent to an activating group) is 1. The highest BCUT2D eigenvalue weighted by molar-refractivity contribution is 6.01. The highest BCUT2D eigenvalue weighted by Crippen LogP contribution is 2.19. The van der Waals surface area contributed by atoms with Crippen LogP contribution in [0.1, 0.15) is 61.0 Å². The minimum absolute atomic E-state index is 0.130. The molecular weight excluding hydrogens is 550 g/mol. The van der Waals surface area contributed by atoms with E-state index in [2.05, 4.69) is 16.0 Å². The summed E-state index contributed by atoms with van der Waals surface area (Å²) >= 11 is 0. The summed E-state index contributed by atoms with van der Waals surface area (Å²) in [5, 5.41) is 8.30. The molecule has 4 rings (SSSR count). The van der Waals surface area contributed by atoms with E-state index >= 15 is 0 Å². The van der Waals surface area contributed by atoms with Gasteiger partial charge < -0.3 is 30.5 Å². The van der Waals surface area contributed by atoms with Gasteiger partial charge in [0, 0.05) is 33.1 Å². The number of carbonyl (C=O) groups excluding carboxylic acids is 5. The topological polar surface area (TPSA) is 137 Å². The smallest absolute Gasteiger partial charge is 0.255 e. The molecule has 11 nitrogen and oxygen atoms in total. The first-order chi connectivity index (χ1) is 20.6. The maximum Gasteiger partial charge on any atom is 0.255 e. The Labute approximate surface area is 252 Å². The zero-order valence-corrected chi connectivity index (χ0v) is 25.1. The van der Waals surface area contributed by atoms with Crippen molar-refractivity contribution in [1.82, 2.24) is 25.8 Å². The summed E-state index contributed by atoms with van der Waals surface area (Å²) in [6, 6.07) is 12.3. The summed E-state index contributed by atoms with van der Waals surface area (Å²) in [7, 11) is 1.64. The number of hydrogen-bond donors (Lipinski definition) is 3. The largest absolute Gasteiger partial charge is 0.491 e. The maximum atomic E-state index is 13.4.